The normalized spacial score (nSPS) is 22.0. The Kier molecular flexibility index (Phi) is 6.05. The molecule has 0 aromatic heterocycles. The predicted octanol–water partition coefficient (Wildman–Crippen LogP) is 3.58. The predicted molar refractivity (Wildman–Crippen MR) is 103 cm³/mol. The molecule has 168 valence electrons. The Bertz CT molecular complexity index is 1050. The molecule has 0 spiro atoms. The number of aryl methyl sites for hydroxylation is 1. The topological polar surface area (TPSA) is 104 Å². The second-order valence-electron chi connectivity index (χ2n) is 7.43. The van der Waals surface area contributed by atoms with Crippen molar-refractivity contribution in [1.82, 2.24) is 4.90 Å². The maximum Gasteiger partial charge on any atom is 0.416 e. The number of hydrogen-bond donors (Lipinski definition) is 2. The highest BCUT2D eigenvalue weighted by atomic mass is 32.2. The van der Waals surface area contributed by atoms with Gasteiger partial charge in [-0.05, 0) is 36.8 Å². The van der Waals surface area contributed by atoms with Gasteiger partial charge in [-0.25, -0.2) is 4.79 Å². The first-order valence-electron chi connectivity index (χ1n) is 9.18. The number of halogens is 3. The van der Waals surface area contributed by atoms with E-state index in [2.05, 4.69) is 0 Å². The van der Waals surface area contributed by atoms with E-state index in [0.717, 1.165) is 17.7 Å². The molecule has 2 atom stereocenters. The standard InChI is InChI=1S/C20H20F3NO6S/c1-13-2-8-17(9-3-13)31(28,29)30-12-19(27)10-15(11-24(19)18(25)26)14-4-6-16(7-5-14)20(21,22)23/h2-9,15,27H,10-12H2,1H3,(H,25,26). The van der Waals surface area contributed by atoms with Crippen LogP contribution in [0.15, 0.2) is 53.4 Å². The van der Waals surface area contributed by atoms with Gasteiger partial charge in [0, 0.05) is 18.9 Å². The Morgan fingerprint density at radius 1 is 1.16 bits per heavy atom. The molecular formula is C20H20F3NO6S. The van der Waals surface area contributed by atoms with Gasteiger partial charge in [-0.3, -0.25) is 9.08 Å². The number of alkyl halides is 3. The molecule has 2 aromatic carbocycles. The van der Waals surface area contributed by atoms with Crippen molar-refractivity contribution < 1.29 is 40.8 Å². The molecule has 2 unspecified atom stereocenters. The second kappa shape index (κ2) is 8.13. The van der Waals surface area contributed by atoms with Gasteiger partial charge >= 0.3 is 12.3 Å². The van der Waals surface area contributed by atoms with Crippen LogP contribution >= 0.6 is 0 Å². The summed E-state index contributed by atoms with van der Waals surface area (Å²) in [7, 11) is -4.26. The molecule has 31 heavy (non-hydrogen) atoms. The van der Waals surface area contributed by atoms with Crippen molar-refractivity contribution in [3.63, 3.8) is 0 Å². The average molecular weight is 459 g/mol. The number of nitrogens with zero attached hydrogens (tertiary/aromatic N) is 1. The lowest BCUT2D eigenvalue weighted by Crippen LogP contribution is -2.50. The van der Waals surface area contributed by atoms with Gasteiger partial charge in [0.05, 0.1) is 10.5 Å². The van der Waals surface area contributed by atoms with Crippen LogP contribution in [-0.4, -0.2) is 48.5 Å². The Balaban J connectivity index is 1.79. The molecule has 1 aliphatic heterocycles. The minimum atomic E-state index is -4.51. The third-order valence-electron chi connectivity index (χ3n) is 5.17. The first kappa shape index (κ1) is 23.0. The average Bonchev–Trinajstić information content (AvgIpc) is 3.05. The fraction of sp³-hybridized carbons (Fsp3) is 0.350. The molecule has 2 N–H and O–H groups in total. The number of carbonyl (C=O) groups is 1. The Hall–Kier alpha value is -2.63. The Morgan fingerprint density at radius 2 is 1.74 bits per heavy atom. The van der Waals surface area contributed by atoms with E-state index in [-0.39, 0.29) is 17.9 Å². The first-order chi connectivity index (χ1) is 14.3. The number of aliphatic hydroxyl groups is 1. The van der Waals surface area contributed by atoms with Crippen molar-refractivity contribution in [2.24, 2.45) is 0 Å². The minimum absolute atomic E-state index is 0.152. The van der Waals surface area contributed by atoms with E-state index in [4.69, 9.17) is 4.18 Å². The molecule has 1 amide bonds. The number of benzene rings is 2. The highest BCUT2D eigenvalue weighted by molar-refractivity contribution is 7.86. The number of rotatable bonds is 5. The van der Waals surface area contributed by atoms with Gasteiger partial charge in [-0.2, -0.15) is 21.6 Å². The van der Waals surface area contributed by atoms with Crippen molar-refractivity contribution in [3.05, 3.63) is 65.2 Å². The molecule has 3 rings (SSSR count). The van der Waals surface area contributed by atoms with Crippen molar-refractivity contribution in [2.75, 3.05) is 13.2 Å². The fourth-order valence-electron chi connectivity index (χ4n) is 3.47. The quantitative estimate of drug-likeness (QED) is 0.663. The minimum Gasteiger partial charge on any atom is -0.465 e. The maximum atomic E-state index is 12.8. The van der Waals surface area contributed by atoms with Crippen molar-refractivity contribution in [1.29, 1.82) is 0 Å². The van der Waals surface area contributed by atoms with Gasteiger partial charge in [0.1, 0.15) is 6.61 Å². The van der Waals surface area contributed by atoms with Crippen molar-refractivity contribution in [3.8, 4) is 0 Å². The third-order valence-corrected chi connectivity index (χ3v) is 6.45. The summed E-state index contributed by atoms with van der Waals surface area (Å²) < 4.78 is 68.0. The van der Waals surface area contributed by atoms with Crippen LogP contribution in [0.1, 0.15) is 29.0 Å². The molecule has 1 aliphatic rings. The summed E-state index contributed by atoms with van der Waals surface area (Å²) in [6.45, 7) is 0.683. The third kappa shape index (κ3) is 5.00. The Labute approximate surface area is 176 Å². The van der Waals surface area contributed by atoms with Crippen LogP contribution in [0.4, 0.5) is 18.0 Å². The zero-order chi connectivity index (χ0) is 23.0. The van der Waals surface area contributed by atoms with Gasteiger partial charge in [-0.1, -0.05) is 29.8 Å². The monoisotopic (exact) mass is 459 g/mol. The molecular weight excluding hydrogens is 439 g/mol. The van der Waals surface area contributed by atoms with Crippen molar-refractivity contribution >= 4 is 16.2 Å². The highest BCUT2D eigenvalue weighted by Crippen LogP contribution is 2.39. The van der Waals surface area contributed by atoms with E-state index < -0.39 is 46.2 Å². The van der Waals surface area contributed by atoms with E-state index in [1.165, 1.54) is 24.3 Å². The number of hydrogen-bond acceptors (Lipinski definition) is 5. The van der Waals surface area contributed by atoms with Gasteiger partial charge in [0.25, 0.3) is 10.1 Å². The van der Waals surface area contributed by atoms with E-state index >= 15 is 0 Å². The fourth-order valence-corrected chi connectivity index (χ4v) is 4.41. The van der Waals surface area contributed by atoms with Crippen LogP contribution in [-0.2, 0) is 20.5 Å². The van der Waals surface area contributed by atoms with Gasteiger partial charge < -0.3 is 10.2 Å². The van der Waals surface area contributed by atoms with E-state index in [0.29, 0.717) is 10.5 Å². The van der Waals surface area contributed by atoms with Crippen molar-refractivity contribution in [2.45, 2.75) is 36.1 Å². The smallest absolute Gasteiger partial charge is 0.416 e. The lowest BCUT2D eigenvalue weighted by atomic mass is 9.94. The lowest BCUT2D eigenvalue weighted by molar-refractivity contribution is -0.137. The van der Waals surface area contributed by atoms with E-state index in [1.54, 1.807) is 19.1 Å². The number of amides is 1. The van der Waals surface area contributed by atoms with Gasteiger partial charge in [-0.15, -0.1) is 0 Å². The summed E-state index contributed by atoms with van der Waals surface area (Å²) in [6, 6.07) is 9.93. The number of carboxylic acid groups (broad SMARTS) is 1. The van der Waals surface area contributed by atoms with E-state index in [9.17, 15) is 36.6 Å². The summed E-state index contributed by atoms with van der Waals surface area (Å²) in [5, 5.41) is 20.3. The lowest BCUT2D eigenvalue weighted by Gasteiger charge is -2.30. The molecule has 1 heterocycles. The molecule has 0 bridgehead atoms. The molecule has 1 saturated heterocycles. The van der Waals surface area contributed by atoms with Crippen LogP contribution in [0.25, 0.3) is 0 Å². The molecule has 0 saturated carbocycles. The van der Waals surface area contributed by atoms with Crippen LogP contribution in [0.3, 0.4) is 0 Å². The van der Waals surface area contributed by atoms with Crippen LogP contribution < -0.4 is 0 Å². The molecule has 11 heteroatoms. The molecule has 0 aliphatic carbocycles. The second-order valence-corrected chi connectivity index (χ2v) is 9.04. The summed E-state index contributed by atoms with van der Waals surface area (Å²) >= 11 is 0. The maximum absolute atomic E-state index is 12.8. The molecule has 2 aromatic rings. The van der Waals surface area contributed by atoms with Gasteiger partial charge in [0.2, 0.25) is 0 Å². The Morgan fingerprint density at radius 3 is 2.26 bits per heavy atom. The van der Waals surface area contributed by atoms with Crippen LogP contribution in [0.2, 0.25) is 0 Å². The largest absolute Gasteiger partial charge is 0.465 e. The van der Waals surface area contributed by atoms with Gasteiger partial charge in [0.15, 0.2) is 5.72 Å². The summed E-state index contributed by atoms with van der Waals surface area (Å²) in [4.78, 5) is 12.1. The summed E-state index contributed by atoms with van der Waals surface area (Å²) in [6.07, 6.45) is -6.26. The highest BCUT2D eigenvalue weighted by Gasteiger charge is 2.48. The first-order valence-corrected chi connectivity index (χ1v) is 10.6. The van der Waals surface area contributed by atoms with Crippen LogP contribution in [0.5, 0.6) is 0 Å². The summed E-state index contributed by atoms with van der Waals surface area (Å²) in [5.74, 6) is -0.644. The zero-order valence-electron chi connectivity index (χ0n) is 16.3. The van der Waals surface area contributed by atoms with E-state index in [1.807, 2.05) is 0 Å². The number of likely N-dealkylation sites (tertiary alicyclic amines) is 1. The molecule has 7 nitrogen and oxygen atoms in total. The zero-order valence-corrected chi connectivity index (χ0v) is 17.2. The molecule has 1 fully saturated rings. The van der Waals surface area contributed by atoms with Crippen LogP contribution in [0, 0.1) is 6.92 Å². The summed E-state index contributed by atoms with van der Waals surface area (Å²) in [5.41, 5.74) is -1.81. The molecule has 0 radical (unpaired) electrons. The SMILES string of the molecule is Cc1ccc(S(=O)(=O)OCC2(O)CC(c3ccc(C(F)(F)F)cc3)CN2C(=O)O)cc1.